The van der Waals surface area contributed by atoms with Gasteiger partial charge in [-0.25, -0.2) is 0 Å². The van der Waals surface area contributed by atoms with Gasteiger partial charge in [-0.2, -0.15) is 0 Å². The van der Waals surface area contributed by atoms with E-state index in [1.165, 1.54) is 11.1 Å². The van der Waals surface area contributed by atoms with Crippen LogP contribution < -0.4 is 5.73 Å². The van der Waals surface area contributed by atoms with Crippen LogP contribution in [0.1, 0.15) is 30.0 Å². The zero-order valence-corrected chi connectivity index (χ0v) is 12.1. The summed E-state index contributed by atoms with van der Waals surface area (Å²) in [4.78, 5) is 14.3. The standard InChI is InChI=1S/C16H24N2O/c1-11-4-5-13(3)14(6-11)8-16(19)18-9-12(2)7-15(17)10-18/h4-6,12,15H,7-10,17H2,1-3H3. The van der Waals surface area contributed by atoms with Crippen molar-refractivity contribution in [2.45, 2.75) is 39.7 Å². The smallest absolute Gasteiger partial charge is 0.227 e. The molecule has 1 heterocycles. The lowest BCUT2D eigenvalue weighted by atomic mass is 9.95. The Kier molecular flexibility index (Phi) is 4.25. The van der Waals surface area contributed by atoms with Crippen molar-refractivity contribution in [2.24, 2.45) is 11.7 Å². The Bertz CT molecular complexity index is 460. The molecule has 1 fully saturated rings. The summed E-state index contributed by atoms with van der Waals surface area (Å²) in [6.07, 6.45) is 1.51. The molecule has 1 amide bonds. The summed E-state index contributed by atoms with van der Waals surface area (Å²) in [5.41, 5.74) is 9.54. The second-order valence-corrected chi connectivity index (χ2v) is 6.01. The van der Waals surface area contributed by atoms with E-state index in [-0.39, 0.29) is 11.9 Å². The molecule has 0 bridgehead atoms. The first-order chi connectivity index (χ1) is 8.95. The number of amides is 1. The molecule has 1 aliphatic heterocycles. The molecule has 104 valence electrons. The number of likely N-dealkylation sites (tertiary alicyclic amines) is 1. The van der Waals surface area contributed by atoms with E-state index in [2.05, 4.69) is 39.0 Å². The van der Waals surface area contributed by atoms with Gasteiger partial charge in [0.2, 0.25) is 5.91 Å². The van der Waals surface area contributed by atoms with Crippen molar-refractivity contribution >= 4 is 5.91 Å². The van der Waals surface area contributed by atoms with Crippen molar-refractivity contribution in [3.63, 3.8) is 0 Å². The summed E-state index contributed by atoms with van der Waals surface area (Å²) in [6, 6.07) is 6.41. The van der Waals surface area contributed by atoms with Gasteiger partial charge in [-0.15, -0.1) is 0 Å². The summed E-state index contributed by atoms with van der Waals surface area (Å²) < 4.78 is 0. The average molecular weight is 260 g/mol. The van der Waals surface area contributed by atoms with Gasteiger partial charge in [0.1, 0.15) is 0 Å². The summed E-state index contributed by atoms with van der Waals surface area (Å²) in [5, 5.41) is 0. The van der Waals surface area contributed by atoms with E-state index in [0.717, 1.165) is 18.5 Å². The van der Waals surface area contributed by atoms with Gasteiger partial charge in [-0.05, 0) is 37.3 Å². The van der Waals surface area contributed by atoms with E-state index < -0.39 is 0 Å². The lowest BCUT2D eigenvalue weighted by Crippen LogP contribution is -2.49. The van der Waals surface area contributed by atoms with E-state index in [1.807, 2.05) is 4.90 Å². The third-order valence-corrected chi connectivity index (χ3v) is 3.89. The van der Waals surface area contributed by atoms with Crippen LogP contribution in [0.4, 0.5) is 0 Å². The molecule has 1 saturated heterocycles. The first-order valence-corrected chi connectivity index (χ1v) is 7.05. The van der Waals surface area contributed by atoms with E-state index in [9.17, 15) is 4.79 Å². The fraction of sp³-hybridized carbons (Fsp3) is 0.562. The first kappa shape index (κ1) is 14.1. The maximum absolute atomic E-state index is 12.4. The number of piperidine rings is 1. The maximum Gasteiger partial charge on any atom is 0.227 e. The minimum Gasteiger partial charge on any atom is -0.341 e. The van der Waals surface area contributed by atoms with Crippen LogP contribution in [0.25, 0.3) is 0 Å². The molecule has 2 N–H and O–H groups in total. The Balaban J connectivity index is 2.06. The molecule has 2 unspecified atom stereocenters. The molecule has 0 aliphatic carbocycles. The molecule has 1 aliphatic rings. The second-order valence-electron chi connectivity index (χ2n) is 6.01. The predicted molar refractivity (Wildman–Crippen MR) is 78.0 cm³/mol. The van der Waals surface area contributed by atoms with Crippen molar-refractivity contribution in [2.75, 3.05) is 13.1 Å². The van der Waals surface area contributed by atoms with Gasteiger partial charge in [0, 0.05) is 19.1 Å². The van der Waals surface area contributed by atoms with Crippen LogP contribution >= 0.6 is 0 Å². The quantitative estimate of drug-likeness (QED) is 0.884. The molecule has 0 saturated carbocycles. The molecular formula is C16H24N2O. The number of benzene rings is 1. The highest BCUT2D eigenvalue weighted by atomic mass is 16.2. The van der Waals surface area contributed by atoms with Gasteiger partial charge in [-0.1, -0.05) is 30.7 Å². The summed E-state index contributed by atoms with van der Waals surface area (Å²) in [5.74, 6) is 0.710. The van der Waals surface area contributed by atoms with Crippen LogP contribution in [-0.2, 0) is 11.2 Å². The van der Waals surface area contributed by atoms with E-state index >= 15 is 0 Å². The van der Waals surface area contributed by atoms with E-state index in [1.54, 1.807) is 0 Å². The SMILES string of the molecule is Cc1ccc(C)c(CC(=O)N2CC(C)CC(N)C2)c1. The third kappa shape index (κ3) is 3.57. The summed E-state index contributed by atoms with van der Waals surface area (Å²) in [7, 11) is 0. The Morgan fingerprint density at radius 3 is 2.79 bits per heavy atom. The second kappa shape index (κ2) is 5.74. The number of rotatable bonds is 2. The minimum absolute atomic E-state index is 0.131. The van der Waals surface area contributed by atoms with Crippen LogP contribution in [-0.4, -0.2) is 29.9 Å². The Labute approximate surface area is 115 Å². The Hall–Kier alpha value is -1.35. The van der Waals surface area contributed by atoms with Gasteiger partial charge in [-0.3, -0.25) is 4.79 Å². The van der Waals surface area contributed by atoms with Gasteiger partial charge >= 0.3 is 0 Å². The topological polar surface area (TPSA) is 46.3 Å². The van der Waals surface area contributed by atoms with Crippen molar-refractivity contribution < 1.29 is 4.79 Å². The maximum atomic E-state index is 12.4. The molecule has 3 heteroatoms. The molecule has 2 rings (SSSR count). The largest absolute Gasteiger partial charge is 0.341 e. The highest BCUT2D eigenvalue weighted by Crippen LogP contribution is 2.18. The number of aryl methyl sites for hydroxylation is 2. The van der Waals surface area contributed by atoms with E-state index in [4.69, 9.17) is 5.73 Å². The van der Waals surface area contributed by atoms with Gasteiger partial charge in [0.05, 0.1) is 6.42 Å². The Morgan fingerprint density at radius 1 is 1.37 bits per heavy atom. The molecule has 1 aromatic carbocycles. The summed E-state index contributed by atoms with van der Waals surface area (Å²) in [6.45, 7) is 7.83. The lowest BCUT2D eigenvalue weighted by Gasteiger charge is -2.35. The zero-order valence-electron chi connectivity index (χ0n) is 12.1. The third-order valence-electron chi connectivity index (χ3n) is 3.89. The lowest BCUT2D eigenvalue weighted by molar-refractivity contribution is -0.132. The molecule has 1 aromatic rings. The number of nitrogens with two attached hydrogens (primary N) is 1. The molecule has 0 spiro atoms. The molecular weight excluding hydrogens is 236 g/mol. The van der Waals surface area contributed by atoms with Gasteiger partial charge < -0.3 is 10.6 Å². The van der Waals surface area contributed by atoms with Crippen molar-refractivity contribution in [3.05, 3.63) is 34.9 Å². The van der Waals surface area contributed by atoms with Crippen molar-refractivity contribution in [1.82, 2.24) is 4.90 Å². The van der Waals surface area contributed by atoms with Crippen LogP contribution in [0, 0.1) is 19.8 Å². The van der Waals surface area contributed by atoms with Gasteiger partial charge in [0.25, 0.3) is 0 Å². The van der Waals surface area contributed by atoms with Crippen molar-refractivity contribution in [1.29, 1.82) is 0 Å². The van der Waals surface area contributed by atoms with Crippen LogP contribution in [0.3, 0.4) is 0 Å². The zero-order chi connectivity index (χ0) is 14.0. The number of hydrogen-bond donors (Lipinski definition) is 1. The van der Waals surface area contributed by atoms with Crippen LogP contribution in [0.5, 0.6) is 0 Å². The fourth-order valence-corrected chi connectivity index (χ4v) is 2.87. The van der Waals surface area contributed by atoms with Crippen molar-refractivity contribution in [3.8, 4) is 0 Å². The van der Waals surface area contributed by atoms with Crippen LogP contribution in [0.15, 0.2) is 18.2 Å². The van der Waals surface area contributed by atoms with Crippen LogP contribution in [0.2, 0.25) is 0 Å². The number of nitrogens with zero attached hydrogens (tertiary/aromatic N) is 1. The fourth-order valence-electron chi connectivity index (χ4n) is 2.87. The van der Waals surface area contributed by atoms with E-state index in [0.29, 0.717) is 18.9 Å². The number of carbonyl (C=O) groups excluding carboxylic acids is 1. The molecule has 2 atom stereocenters. The molecule has 3 nitrogen and oxygen atoms in total. The molecule has 19 heavy (non-hydrogen) atoms. The normalized spacial score (nSPS) is 23.5. The number of hydrogen-bond acceptors (Lipinski definition) is 2. The number of carbonyl (C=O) groups is 1. The highest BCUT2D eigenvalue weighted by Gasteiger charge is 2.25. The minimum atomic E-state index is 0.131. The molecule has 0 aromatic heterocycles. The average Bonchev–Trinajstić information content (AvgIpc) is 2.32. The van der Waals surface area contributed by atoms with Gasteiger partial charge in [0.15, 0.2) is 0 Å². The summed E-state index contributed by atoms with van der Waals surface area (Å²) >= 11 is 0. The molecule has 0 radical (unpaired) electrons. The first-order valence-electron chi connectivity index (χ1n) is 7.05. The Morgan fingerprint density at radius 2 is 2.11 bits per heavy atom. The highest BCUT2D eigenvalue weighted by molar-refractivity contribution is 5.79. The monoisotopic (exact) mass is 260 g/mol. The predicted octanol–water partition coefficient (Wildman–Crippen LogP) is 2.04.